The van der Waals surface area contributed by atoms with Gasteiger partial charge in [-0.15, -0.1) is 0 Å². The van der Waals surface area contributed by atoms with Crippen LogP contribution >= 0.6 is 7.82 Å². The predicted molar refractivity (Wildman–Crippen MR) is 159 cm³/mol. The number of rotatable bonds is 11. The first-order chi connectivity index (χ1) is 21.1. The van der Waals surface area contributed by atoms with Crippen molar-refractivity contribution in [2.75, 3.05) is 0 Å². The van der Waals surface area contributed by atoms with Crippen LogP contribution in [0.2, 0.25) is 0 Å². The number of phosphoric acid groups is 1. The van der Waals surface area contributed by atoms with Crippen molar-refractivity contribution in [3.8, 4) is 11.5 Å². The molecule has 2 aliphatic rings. The molecule has 1 amide bonds. The first kappa shape index (κ1) is 32.2. The lowest BCUT2D eigenvalue weighted by Gasteiger charge is -2.46. The molecule has 3 aromatic carbocycles. The van der Waals surface area contributed by atoms with Crippen LogP contribution in [0.15, 0.2) is 96.4 Å². The molecule has 13 heteroatoms. The number of esters is 1. The van der Waals surface area contributed by atoms with Gasteiger partial charge in [-0.3, -0.25) is 19.8 Å². The molecule has 1 N–H and O–H groups in total. The number of hydrogen-bond acceptors (Lipinski definition) is 10. The van der Waals surface area contributed by atoms with Gasteiger partial charge in [-0.1, -0.05) is 57.2 Å². The third-order valence-corrected chi connectivity index (χ3v) is 8.24. The number of carbonyl (C=O) groups excluding carboxylic acids is 2. The van der Waals surface area contributed by atoms with Gasteiger partial charge in [0.05, 0.1) is 23.0 Å². The van der Waals surface area contributed by atoms with Crippen LogP contribution < -0.4 is 9.05 Å². The van der Waals surface area contributed by atoms with Crippen LogP contribution in [0.25, 0.3) is 0 Å². The summed E-state index contributed by atoms with van der Waals surface area (Å²) in [5, 5.41) is 21.2. The summed E-state index contributed by atoms with van der Waals surface area (Å²) in [6.07, 6.45) is -1.02. The van der Waals surface area contributed by atoms with E-state index in [4.69, 9.17) is 18.3 Å². The monoisotopic (exact) mass is 624 g/mol. The zero-order chi connectivity index (χ0) is 32.0. The second kappa shape index (κ2) is 13.7. The van der Waals surface area contributed by atoms with Gasteiger partial charge < -0.3 is 23.4 Å². The fraction of sp³-hybridized carbons (Fsp3) is 0.290. The van der Waals surface area contributed by atoms with E-state index in [-0.39, 0.29) is 35.2 Å². The molecule has 1 fully saturated rings. The van der Waals surface area contributed by atoms with E-state index in [0.29, 0.717) is 5.56 Å². The second-order valence-electron chi connectivity index (χ2n) is 9.81. The fourth-order valence-corrected chi connectivity index (χ4v) is 6.33. The molecule has 0 radical (unpaired) electrons. The highest BCUT2D eigenvalue weighted by Crippen LogP contribution is 2.57. The summed E-state index contributed by atoms with van der Waals surface area (Å²) in [6, 6.07) is 21.1. The largest absolute Gasteiger partial charge is 0.646 e. The number of para-hydroxylation sites is 2. The van der Waals surface area contributed by atoms with Crippen LogP contribution in [0.3, 0.4) is 0 Å². The number of phosphoric ester groups is 1. The van der Waals surface area contributed by atoms with E-state index in [1.165, 1.54) is 36.1 Å². The number of ether oxygens (including phenoxy) is 1. The van der Waals surface area contributed by atoms with Crippen molar-refractivity contribution < 1.29 is 42.5 Å². The summed E-state index contributed by atoms with van der Waals surface area (Å²) in [4.78, 5) is 38.1. The molecule has 0 saturated carbocycles. The highest BCUT2D eigenvalue weighted by molar-refractivity contribution is 7.49. The third kappa shape index (κ3) is 6.77. The van der Waals surface area contributed by atoms with Crippen molar-refractivity contribution in [1.82, 2.24) is 4.90 Å². The zero-order valence-corrected chi connectivity index (χ0v) is 25.5. The Kier molecular flexibility index (Phi) is 10.1. The number of amides is 1. The van der Waals surface area contributed by atoms with Crippen LogP contribution in [0.4, 0.5) is 5.69 Å². The van der Waals surface area contributed by atoms with Crippen LogP contribution in [-0.4, -0.2) is 39.0 Å². The van der Waals surface area contributed by atoms with Gasteiger partial charge in [0.15, 0.2) is 5.70 Å². The predicted octanol–water partition coefficient (Wildman–Crippen LogP) is 6.02. The molecule has 2 heterocycles. The summed E-state index contributed by atoms with van der Waals surface area (Å²) in [5.74, 6) is -2.82. The van der Waals surface area contributed by atoms with E-state index in [2.05, 4.69) is 0 Å². The van der Waals surface area contributed by atoms with Crippen LogP contribution in [0, 0.1) is 22.0 Å². The summed E-state index contributed by atoms with van der Waals surface area (Å²) < 4.78 is 37.0. The number of nitro groups is 1. The van der Waals surface area contributed by atoms with Crippen molar-refractivity contribution in [2.45, 2.75) is 46.4 Å². The Morgan fingerprint density at radius 2 is 1.48 bits per heavy atom. The number of non-ortho nitro benzene ring substituents is 1. The normalized spacial score (nSPS) is 19.5. The molecule has 0 spiro atoms. The van der Waals surface area contributed by atoms with Crippen molar-refractivity contribution in [3.05, 3.63) is 112 Å². The SMILES string of the molecule is CC.C[C@@H](O)[C@H]1C(=O)N2C(C(=O)OCc3ccc([N+](=O)[O-])cc3)=C(OP(=O)(Oc3ccccc3)Oc3ccccc3)[C@H](C)[C@H]12. The number of hydrogen-bond donors (Lipinski definition) is 1. The minimum absolute atomic E-state index is 0.126. The van der Waals surface area contributed by atoms with E-state index < -0.39 is 48.6 Å². The lowest BCUT2D eigenvalue weighted by atomic mass is 9.79. The van der Waals surface area contributed by atoms with Crippen LogP contribution in [0.1, 0.15) is 33.3 Å². The molecule has 0 aliphatic carbocycles. The average molecular weight is 625 g/mol. The van der Waals surface area contributed by atoms with E-state index >= 15 is 0 Å². The fourth-order valence-electron chi connectivity index (χ4n) is 4.96. The maximum atomic E-state index is 14.2. The maximum absolute atomic E-state index is 14.2. The standard InChI is InChI=1S/C29H27N2O10P.C2H6/c1-18-25-24(19(2)32)28(33)30(25)26(29(34)38-17-20-13-15-21(16-14-20)31(35)36)27(18)41-42(37,39-22-9-5-3-6-10-22)40-23-11-7-4-8-12-23;1-2/h3-16,18-19,24-25,32H,17H2,1-2H3;1-2H3/t18-,19-,24-,25-;/m1./s1. The number of β-lactam (4-membered cyclic amide) rings is 1. The molecule has 0 bridgehead atoms. The highest BCUT2D eigenvalue weighted by atomic mass is 31.2. The molecule has 4 atom stereocenters. The van der Waals surface area contributed by atoms with E-state index in [9.17, 15) is 29.4 Å². The van der Waals surface area contributed by atoms with E-state index in [1.54, 1.807) is 67.6 Å². The molecule has 1 saturated heterocycles. The lowest BCUT2D eigenvalue weighted by Crippen LogP contribution is -2.63. The minimum atomic E-state index is -4.54. The molecule has 232 valence electrons. The Morgan fingerprint density at radius 3 is 1.95 bits per heavy atom. The smallest absolute Gasteiger partial charge is 0.456 e. The molecule has 2 aliphatic heterocycles. The molecule has 0 unspecified atom stereocenters. The summed E-state index contributed by atoms with van der Waals surface area (Å²) in [6.45, 7) is 6.87. The molecule has 0 aromatic heterocycles. The molecule has 3 aromatic rings. The van der Waals surface area contributed by atoms with Gasteiger partial charge in [-0.25, -0.2) is 4.79 Å². The van der Waals surface area contributed by atoms with Crippen molar-refractivity contribution in [2.24, 2.45) is 11.8 Å². The summed E-state index contributed by atoms with van der Waals surface area (Å²) in [5.41, 5.74) is 0.0469. The molecular formula is C31H33N2O10P. The number of nitro benzene ring substituents is 1. The van der Waals surface area contributed by atoms with Gasteiger partial charge in [-0.05, 0) is 48.9 Å². The molecule has 12 nitrogen and oxygen atoms in total. The summed E-state index contributed by atoms with van der Waals surface area (Å²) in [7, 11) is -4.54. The Hall–Kier alpha value is -4.67. The first-order valence-electron chi connectivity index (χ1n) is 14.0. The van der Waals surface area contributed by atoms with Gasteiger partial charge in [0.2, 0.25) is 5.91 Å². The second-order valence-corrected chi connectivity index (χ2v) is 11.3. The minimum Gasteiger partial charge on any atom is -0.456 e. The Balaban J connectivity index is 0.00000216. The van der Waals surface area contributed by atoms with Crippen molar-refractivity contribution in [1.29, 1.82) is 0 Å². The quantitative estimate of drug-likeness (QED) is 0.0881. The highest BCUT2D eigenvalue weighted by Gasteiger charge is 2.62. The number of aliphatic hydroxyl groups excluding tert-OH is 1. The maximum Gasteiger partial charge on any atom is 0.646 e. The van der Waals surface area contributed by atoms with Gasteiger partial charge in [0.1, 0.15) is 23.9 Å². The number of aliphatic hydroxyl groups is 1. The van der Waals surface area contributed by atoms with Crippen LogP contribution in [-0.2, 0) is 30.0 Å². The topological polar surface area (TPSA) is 155 Å². The Bertz CT molecular complexity index is 1520. The van der Waals surface area contributed by atoms with Gasteiger partial charge in [0.25, 0.3) is 5.69 Å². The zero-order valence-electron chi connectivity index (χ0n) is 24.6. The number of benzene rings is 3. The first-order valence-corrected chi connectivity index (χ1v) is 15.5. The van der Waals surface area contributed by atoms with Crippen molar-refractivity contribution in [3.63, 3.8) is 0 Å². The lowest BCUT2D eigenvalue weighted by molar-refractivity contribution is -0.384. The molecular weight excluding hydrogens is 591 g/mol. The van der Waals surface area contributed by atoms with Gasteiger partial charge in [0, 0.05) is 18.1 Å². The number of nitrogens with zero attached hydrogens (tertiary/aromatic N) is 2. The van der Waals surface area contributed by atoms with Crippen molar-refractivity contribution >= 4 is 25.4 Å². The van der Waals surface area contributed by atoms with E-state index in [0.717, 1.165) is 0 Å². The van der Waals surface area contributed by atoms with E-state index in [1.807, 2.05) is 13.8 Å². The number of carbonyl (C=O) groups is 2. The molecule has 5 rings (SSSR count). The van der Waals surface area contributed by atoms with Crippen LogP contribution in [0.5, 0.6) is 11.5 Å². The average Bonchev–Trinajstić information content (AvgIpc) is 3.24. The summed E-state index contributed by atoms with van der Waals surface area (Å²) >= 11 is 0. The molecule has 44 heavy (non-hydrogen) atoms. The van der Waals surface area contributed by atoms with Gasteiger partial charge >= 0.3 is 13.8 Å². The number of fused-ring (bicyclic) bond motifs is 1. The Morgan fingerprint density at radius 1 is 0.955 bits per heavy atom. The Labute approximate surface area is 254 Å². The van der Waals surface area contributed by atoms with Gasteiger partial charge in [-0.2, -0.15) is 4.57 Å². The third-order valence-electron chi connectivity index (χ3n) is 6.95.